The van der Waals surface area contributed by atoms with Crippen LogP contribution >= 0.6 is 0 Å². The van der Waals surface area contributed by atoms with Crippen molar-refractivity contribution in [2.24, 2.45) is 5.92 Å². The quantitative estimate of drug-likeness (QED) is 0.658. The van der Waals surface area contributed by atoms with Crippen LogP contribution in [0.5, 0.6) is 0 Å². The first-order chi connectivity index (χ1) is 9.25. The maximum Gasteiger partial charge on any atom is 0.311 e. The molecule has 0 spiro atoms. The number of nitrogens with one attached hydrogen (secondary N) is 1. The molecule has 0 saturated heterocycles. The lowest BCUT2D eigenvalue weighted by molar-refractivity contribution is -0.384. The molecule has 1 aromatic heterocycles. The summed E-state index contributed by atoms with van der Waals surface area (Å²) in [6, 6.07) is 7.49. The average molecular weight is 257 g/mol. The molecule has 1 fully saturated rings. The Morgan fingerprint density at radius 3 is 2.89 bits per heavy atom. The summed E-state index contributed by atoms with van der Waals surface area (Å²) in [5, 5.41) is 15.1. The number of pyridine rings is 1. The van der Waals surface area contributed by atoms with Crippen LogP contribution in [0.3, 0.4) is 0 Å². The number of hydrogen-bond acceptors (Lipinski definition) is 4. The van der Waals surface area contributed by atoms with Gasteiger partial charge in [-0.15, -0.1) is 0 Å². The zero-order valence-corrected chi connectivity index (χ0v) is 10.5. The van der Waals surface area contributed by atoms with Crippen molar-refractivity contribution in [1.29, 1.82) is 0 Å². The molecule has 1 N–H and O–H groups in total. The summed E-state index contributed by atoms with van der Waals surface area (Å²) in [6.45, 7) is 0.777. The molecule has 98 valence electrons. The van der Waals surface area contributed by atoms with Gasteiger partial charge in [0.15, 0.2) is 0 Å². The molecular weight excluding hydrogens is 242 g/mol. The standard InChI is InChI=1S/C14H15N3O2/c18-17(19)13-9-16-12-4-2-1-3-11(12)14(13)15-8-7-10-5-6-10/h1-4,9-10H,5-8H2,(H,15,16). The van der Waals surface area contributed by atoms with E-state index in [2.05, 4.69) is 10.3 Å². The van der Waals surface area contributed by atoms with Crippen LogP contribution in [-0.4, -0.2) is 16.5 Å². The van der Waals surface area contributed by atoms with E-state index in [0.29, 0.717) is 5.69 Å². The van der Waals surface area contributed by atoms with E-state index in [1.165, 1.54) is 19.0 Å². The van der Waals surface area contributed by atoms with E-state index < -0.39 is 0 Å². The van der Waals surface area contributed by atoms with Crippen LogP contribution in [0.4, 0.5) is 11.4 Å². The second-order valence-electron chi connectivity index (χ2n) is 4.95. The molecule has 1 saturated carbocycles. The average Bonchev–Trinajstić information content (AvgIpc) is 3.22. The van der Waals surface area contributed by atoms with E-state index in [1.54, 1.807) is 0 Å². The Labute approximate surface area is 110 Å². The Balaban J connectivity index is 1.95. The smallest absolute Gasteiger partial charge is 0.311 e. The van der Waals surface area contributed by atoms with Crippen molar-refractivity contribution in [3.05, 3.63) is 40.6 Å². The highest BCUT2D eigenvalue weighted by Gasteiger charge is 2.22. The SMILES string of the molecule is O=[N+]([O-])c1cnc2ccccc2c1NCCC1CC1. The number of benzene rings is 1. The Morgan fingerprint density at radius 2 is 2.16 bits per heavy atom. The van der Waals surface area contributed by atoms with E-state index in [4.69, 9.17) is 0 Å². The molecule has 1 aliphatic rings. The van der Waals surface area contributed by atoms with Gasteiger partial charge in [-0.25, -0.2) is 4.98 Å². The summed E-state index contributed by atoms with van der Waals surface area (Å²) in [5.74, 6) is 0.805. The maximum absolute atomic E-state index is 11.1. The summed E-state index contributed by atoms with van der Waals surface area (Å²) in [7, 11) is 0. The second-order valence-corrected chi connectivity index (χ2v) is 4.95. The molecule has 0 amide bonds. The van der Waals surface area contributed by atoms with Gasteiger partial charge in [-0.2, -0.15) is 0 Å². The Hall–Kier alpha value is -2.17. The lowest BCUT2D eigenvalue weighted by Crippen LogP contribution is -2.06. The first-order valence-corrected chi connectivity index (χ1v) is 6.51. The summed E-state index contributed by atoms with van der Waals surface area (Å²) in [5.41, 5.74) is 1.42. The molecule has 0 aliphatic heterocycles. The van der Waals surface area contributed by atoms with Crippen LogP contribution in [0.15, 0.2) is 30.5 Å². The number of aromatic nitrogens is 1. The van der Waals surface area contributed by atoms with Gasteiger partial charge in [0.25, 0.3) is 0 Å². The van der Waals surface area contributed by atoms with Crippen LogP contribution < -0.4 is 5.32 Å². The molecule has 1 aromatic carbocycles. The zero-order chi connectivity index (χ0) is 13.2. The Bertz CT molecular complexity index is 623. The van der Waals surface area contributed by atoms with Crippen LogP contribution in [0.25, 0.3) is 10.9 Å². The van der Waals surface area contributed by atoms with Crippen molar-refractivity contribution in [1.82, 2.24) is 4.98 Å². The minimum absolute atomic E-state index is 0.0505. The molecule has 0 unspecified atom stereocenters. The number of para-hydroxylation sites is 1. The number of fused-ring (bicyclic) bond motifs is 1. The molecule has 5 nitrogen and oxygen atoms in total. The highest BCUT2D eigenvalue weighted by atomic mass is 16.6. The topological polar surface area (TPSA) is 68.1 Å². The van der Waals surface area contributed by atoms with Crippen molar-refractivity contribution in [2.75, 3.05) is 11.9 Å². The fourth-order valence-corrected chi connectivity index (χ4v) is 2.26. The Kier molecular flexibility index (Phi) is 3.03. The summed E-state index contributed by atoms with van der Waals surface area (Å²) in [6.07, 6.45) is 5.00. The van der Waals surface area contributed by atoms with Crippen molar-refractivity contribution < 1.29 is 4.92 Å². The van der Waals surface area contributed by atoms with Gasteiger partial charge in [0.1, 0.15) is 11.9 Å². The van der Waals surface area contributed by atoms with Crippen LogP contribution in [0.2, 0.25) is 0 Å². The molecule has 3 rings (SSSR count). The first-order valence-electron chi connectivity index (χ1n) is 6.51. The minimum Gasteiger partial charge on any atom is -0.379 e. The third kappa shape index (κ3) is 2.50. The van der Waals surface area contributed by atoms with Crippen LogP contribution in [0.1, 0.15) is 19.3 Å². The van der Waals surface area contributed by atoms with Crippen LogP contribution in [0, 0.1) is 16.0 Å². The van der Waals surface area contributed by atoms with Crippen molar-refractivity contribution >= 4 is 22.3 Å². The highest BCUT2D eigenvalue weighted by molar-refractivity contribution is 5.95. The lowest BCUT2D eigenvalue weighted by Gasteiger charge is -2.09. The summed E-state index contributed by atoms with van der Waals surface area (Å²) < 4.78 is 0. The van der Waals surface area contributed by atoms with Gasteiger partial charge in [-0.1, -0.05) is 31.0 Å². The van der Waals surface area contributed by atoms with Gasteiger partial charge in [-0.05, 0) is 18.4 Å². The zero-order valence-electron chi connectivity index (χ0n) is 10.5. The fourth-order valence-electron chi connectivity index (χ4n) is 2.26. The van der Waals surface area contributed by atoms with Crippen LogP contribution in [-0.2, 0) is 0 Å². The van der Waals surface area contributed by atoms with Gasteiger partial charge in [0.2, 0.25) is 0 Å². The van der Waals surface area contributed by atoms with E-state index >= 15 is 0 Å². The van der Waals surface area contributed by atoms with E-state index in [9.17, 15) is 10.1 Å². The predicted octanol–water partition coefficient (Wildman–Crippen LogP) is 3.36. The number of nitrogens with zero attached hydrogens (tertiary/aromatic N) is 2. The van der Waals surface area contributed by atoms with Gasteiger partial charge in [0, 0.05) is 11.9 Å². The molecule has 5 heteroatoms. The third-order valence-electron chi connectivity index (χ3n) is 3.50. The molecule has 0 bridgehead atoms. The number of hydrogen-bond donors (Lipinski definition) is 1. The maximum atomic E-state index is 11.1. The molecule has 0 radical (unpaired) electrons. The number of rotatable bonds is 5. The predicted molar refractivity (Wildman–Crippen MR) is 74.2 cm³/mol. The highest BCUT2D eigenvalue weighted by Crippen LogP contribution is 2.34. The largest absolute Gasteiger partial charge is 0.379 e. The van der Waals surface area contributed by atoms with E-state index in [1.807, 2.05) is 24.3 Å². The molecule has 1 aliphatic carbocycles. The normalized spacial score (nSPS) is 14.5. The molecular formula is C14H15N3O2. The van der Waals surface area contributed by atoms with Gasteiger partial charge >= 0.3 is 5.69 Å². The van der Waals surface area contributed by atoms with Gasteiger partial charge < -0.3 is 5.32 Å². The summed E-state index contributed by atoms with van der Waals surface area (Å²) in [4.78, 5) is 14.9. The molecule has 1 heterocycles. The molecule has 19 heavy (non-hydrogen) atoms. The number of anilines is 1. The third-order valence-corrected chi connectivity index (χ3v) is 3.50. The second kappa shape index (κ2) is 4.84. The lowest BCUT2D eigenvalue weighted by atomic mass is 10.1. The van der Waals surface area contributed by atoms with Gasteiger partial charge in [0.05, 0.1) is 10.4 Å². The Morgan fingerprint density at radius 1 is 1.37 bits per heavy atom. The van der Waals surface area contributed by atoms with Crippen molar-refractivity contribution in [3.8, 4) is 0 Å². The summed E-state index contributed by atoms with van der Waals surface area (Å²) >= 11 is 0. The monoisotopic (exact) mass is 257 g/mol. The van der Waals surface area contributed by atoms with E-state index in [-0.39, 0.29) is 10.6 Å². The minimum atomic E-state index is -0.376. The molecule has 2 aromatic rings. The molecule has 0 atom stereocenters. The van der Waals surface area contributed by atoms with E-state index in [0.717, 1.165) is 29.8 Å². The number of nitro groups is 1. The first kappa shape index (κ1) is 11.9. The van der Waals surface area contributed by atoms with Crippen molar-refractivity contribution in [2.45, 2.75) is 19.3 Å². The fraction of sp³-hybridized carbons (Fsp3) is 0.357. The van der Waals surface area contributed by atoms with Gasteiger partial charge in [-0.3, -0.25) is 10.1 Å². The van der Waals surface area contributed by atoms with Crippen molar-refractivity contribution in [3.63, 3.8) is 0 Å².